The van der Waals surface area contributed by atoms with Crippen LogP contribution >= 0.6 is 24.0 Å². The smallest absolute Gasteiger partial charge is 0.214 e. The van der Waals surface area contributed by atoms with Crippen molar-refractivity contribution in [3.63, 3.8) is 0 Å². The summed E-state index contributed by atoms with van der Waals surface area (Å²) >= 11 is 0. The number of nitrogens with zero attached hydrogens (tertiary/aromatic N) is 3. The Kier molecular flexibility index (Phi) is 7.65. The van der Waals surface area contributed by atoms with E-state index in [4.69, 9.17) is 0 Å². The topological polar surface area (TPSA) is 85.2 Å². The highest BCUT2D eigenvalue weighted by Gasteiger charge is 2.27. The molecule has 0 unspecified atom stereocenters. The maximum Gasteiger partial charge on any atom is 0.214 e. The van der Waals surface area contributed by atoms with E-state index in [1.54, 1.807) is 0 Å². The minimum Gasteiger partial charge on any atom is -0.391 e. The standard InChI is InChI=1S/C12H24N4O3S.HI/c1-2-13-12(15-7-4-11(17)10-15)14-5-8-16-6-3-9-20(16,18)19;/h11,17H,2-10H2,1H3,(H,13,14);1H/t11-;/m1./s1. The van der Waals surface area contributed by atoms with Gasteiger partial charge >= 0.3 is 0 Å². The van der Waals surface area contributed by atoms with Gasteiger partial charge in [0.05, 0.1) is 18.4 Å². The van der Waals surface area contributed by atoms with Crippen LogP contribution in [0.4, 0.5) is 0 Å². The summed E-state index contributed by atoms with van der Waals surface area (Å²) in [6.07, 6.45) is 1.17. The van der Waals surface area contributed by atoms with Crippen LogP contribution in [0, 0.1) is 0 Å². The molecule has 0 amide bonds. The van der Waals surface area contributed by atoms with E-state index >= 15 is 0 Å². The summed E-state index contributed by atoms with van der Waals surface area (Å²) in [6, 6.07) is 0. The minimum atomic E-state index is -3.04. The fourth-order valence-electron chi connectivity index (χ4n) is 2.57. The van der Waals surface area contributed by atoms with Gasteiger partial charge in [0.1, 0.15) is 0 Å². The van der Waals surface area contributed by atoms with E-state index in [-0.39, 0.29) is 35.8 Å². The lowest BCUT2D eigenvalue weighted by Gasteiger charge is -2.21. The average molecular weight is 432 g/mol. The van der Waals surface area contributed by atoms with Crippen LogP contribution in [-0.4, -0.2) is 79.8 Å². The molecular formula is C12H25IN4O3S. The highest BCUT2D eigenvalue weighted by atomic mass is 127. The summed E-state index contributed by atoms with van der Waals surface area (Å²) in [4.78, 5) is 6.49. The quantitative estimate of drug-likeness (QED) is 0.361. The van der Waals surface area contributed by atoms with Gasteiger partial charge in [0.15, 0.2) is 5.96 Å². The number of rotatable bonds is 4. The van der Waals surface area contributed by atoms with E-state index in [1.165, 1.54) is 4.31 Å². The van der Waals surface area contributed by atoms with Crippen molar-refractivity contribution in [2.45, 2.75) is 25.9 Å². The molecule has 2 heterocycles. The number of β-amino-alcohol motifs (C(OH)–C–C–N with tert-alkyl or cyclic N) is 1. The molecule has 2 rings (SSSR count). The molecule has 2 aliphatic heterocycles. The van der Waals surface area contributed by atoms with Crippen molar-refractivity contribution in [1.82, 2.24) is 14.5 Å². The number of guanidine groups is 1. The molecule has 0 radical (unpaired) electrons. The van der Waals surface area contributed by atoms with E-state index in [2.05, 4.69) is 10.3 Å². The first kappa shape index (κ1) is 18.9. The number of likely N-dealkylation sites (tertiary alicyclic amines) is 1. The second-order valence-corrected chi connectivity index (χ2v) is 7.28. The lowest BCUT2D eigenvalue weighted by Crippen LogP contribution is -2.41. The molecule has 0 aliphatic carbocycles. The molecule has 2 aliphatic rings. The number of sulfonamides is 1. The van der Waals surface area contributed by atoms with Gasteiger partial charge in [-0.3, -0.25) is 4.99 Å². The van der Waals surface area contributed by atoms with Gasteiger partial charge in [-0.15, -0.1) is 24.0 Å². The molecule has 1 atom stereocenters. The first-order valence-corrected chi connectivity index (χ1v) is 8.83. The first-order chi connectivity index (χ1) is 9.53. The zero-order chi connectivity index (χ0) is 14.6. The maximum atomic E-state index is 11.7. The molecule has 124 valence electrons. The third kappa shape index (κ3) is 5.22. The molecule has 0 saturated carbocycles. The number of aliphatic hydroxyl groups is 1. The molecule has 0 aromatic heterocycles. The lowest BCUT2D eigenvalue weighted by atomic mass is 10.3. The number of nitrogens with one attached hydrogen (secondary N) is 1. The number of hydrogen-bond acceptors (Lipinski definition) is 4. The van der Waals surface area contributed by atoms with Gasteiger partial charge in [-0.25, -0.2) is 12.7 Å². The van der Waals surface area contributed by atoms with Crippen molar-refractivity contribution in [2.24, 2.45) is 4.99 Å². The molecule has 0 aromatic rings. The van der Waals surface area contributed by atoms with Crippen LogP contribution in [0.5, 0.6) is 0 Å². The maximum absolute atomic E-state index is 11.7. The van der Waals surface area contributed by atoms with Crippen molar-refractivity contribution in [3.8, 4) is 0 Å². The van der Waals surface area contributed by atoms with E-state index in [0.29, 0.717) is 32.6 Å². The van der Waals surface area contributed by atoms with E-state index in [1.807, 2.05) is 11.8 Å². The van der Waals surface area contributed by atoms with Crippen LogP contribution in [0.2, 0.25) is 0 Å². The number of aliphatic imine (C=N–C) groups is 1. The Morgan fingerprint density at radius 2 is 2.19 bits per heavy atom. The van der Waals surface area contributed by atoms with Gasteiger partial charge in [0, 0.05) is 32.7 Å². The van der Waals surface area contributed by atoms with E-state index in [0.717, 1.165) is 25.5 Å². The minimum absolute atomic E-state index is 0. The second kappa shape index (κ2) is 8.49. The Labute approximate surface area is 143 Å². The van der Waals surface area contributed by atoms with Gasteiger partial charge in [-0.05, 0) is 19.8 Å². The Morgan fingerprint density at radius 3 is 2.71 bits per heavy atom. The van der Waals surface area contributed by atoms with Crippen LogP contribution in [0.15, 0.2) is 4.99 Å². The van der Waals surface area contributed by atoms with Gasteiger partial charge in [-0.2, -0.15) is 0 Å². The summed E-state index contributed by atoms with van der Waals surface area (Å²) in [5.74, 6) is 1.02. The third-order valence-corrected chi connectivity index (χ3v) is 5.57. The molecular weight excluding hydrogens is 407 g/mol. The highest BCUT2D eigenvalue weighted by molar-refractivity contribution is 14.0. The largest absolute Gasteiger partial charge is 0.391 e. The van der Waals surface area contributed by atoms with Crippen LogP contribution in [0.1, 0.15) is 19.8 Å². The van der Waals surface area contributed by atoms with Crippen molar-refractivity contribution in [3.05, 3.63) is 0 Å². The fraction of sp³-hybridized carbons (Fsp3) is 0.917. The zero-order valence-corrected chi connectivity index (χ0v) is 15.5. The van der Waals surface area contributed by atoms with E-state index < -0.39 is 10.0 Å². The molecule has 0 bridgehead atoms. The first-order valence-electron chi connectivity index (χ1n) is 7.22. The Morgan fingerprint density at radius 1 is 1.43 bits per heavy atom. The summed E-state index contributed by atoms with van der Waals surface area (Å²) in [5.41, 5.74) is 0. The summed E-state index contributed by atoms with van der Waals surface area (Å²) in [6.45, 7) is 5.63. The van der Waals surface area contributed by atoms with E-state index in [9.17, 15) is 13.5 Å². The Balaban J connectivity index is 0.00000220. The normalized spacial score (nSPS) is 25.9. The highest BCUT2D eigenvalue weighted by Crippen LogP contribution is 2.12. The van der Waals surface area contributed by atoms with Gasteiger partial charge in [0.25, 0.3) is 0 Å². The summed E-state index contributed by atoms with van der Waals surface area (Å²) in [5, 5.41) is 12.8. The zero-order valence-electron chi connectivity index (χ0n) is 12.4. The van der Waals surface area contributed by atoms with Crippen molar-refractivity contribution in [1.29, 1.82) is 0 Å². The fourth-order valence-corrected chi connectivity index (χ4v) is 4.09. The lowest BCUT2D eigenvalue weighted by molar-refractivity contribution is 0.188. The van der Waals surface area contributed by atoms with Gasteiger partial charge in [0.2, 0.25) is 10.0 Å². The van der Waals surface area contributed by atoms with Crippen LogP contribution in [0.3, 0.4) is 0 Å². The Hall–Kier alpha value is -0.130. The molecule has 7 nitrogen and oxygen atoms in total. The van der Waals surface area contributed by atoms with Crippen LogP contribution in [-0.2, 0) is 10.0 Å². The van der Waals surface area contributed by atoms with Crippen molar-refractivity contribution < 1.29 is 13.5 Å². The number of aliphatic hydroxyl groups excluding tert-OH is 1. The van der Waals surface area contributed by atoms with Crippen LogP contribution < -0.4 is 5.32 Å². The average Bonchev–Trinajstić information content (AvgIpc) is 2.95. The van der Waals surface area contributed by atoms with Crippen molar-refractivity contribution >= 4 is 40.0 Å². The molecule has 2 saturated heterocycles. The second-order valence-electron chi connectivity index (χ2n) is 5.19. The summed E-state index contributed by atoms with van der Waals surface area (Å²) < 4.78 is 24.9. The predicted octanol–water partition coefficient (Wildman–Crippen LogP) is -0.328. The van der Waals surface area contributed by atoms with Gasteiger partial charge < -0.3 is 15.3 Å². The predicted molar refractivity (Wildman–Crippen MR) is 93.6 cm³/mol. The molecule has 9 heteroatoms. The monoisotopic (exact) mass is 432 g/mol. The molecule has 2 N–H and O–H groups in total. The van der Waals surface area contributed by atoms with Crippen LogP contribution in [0.25, 0.3) is 0 Å². The SMILES string of the molecule is CCNC(=NCCN1CCCS1(=O)=O)N1CC[C@@H](O)C1.I. The van der Waals surface area contributed by atoms with Crippen molar-refractivity contribution in [2.75, 3.05) is 45.0 Å². The number of hydrogen-bond donors (Lipinski definition) is 2. The molecule has 0 aromatic carbocycles. The van der Waals surface area contributed by atoms with Gasteiger partial charge in [-0.1, -0.05) is 0 Å². The molecule has 0 spiro atoms. The third-order valence-electron chi connectivity index (χ3n) is 3.61. The Bertz CT molecular complexity index is 457. The number of halogens is 1. The molecule has 2 fully saturated rings. The summed E-state index contributed by atoms with van der Waals surface area (Å²) in [7, 11) is -3.04. The molecule has 21 heavy (non-hydrogen) atoms.